The van der Waals surface area contributed by atoms with Crippen LogP contribution in [0.4, 0.5) is 5.69 Å². The fraction of sp³-hybridized carbons (Fsp3) is 0.0952. The summed E-state index contributed by atoms with van der Waals surface area (Å²) in [6.07, 6.45) is 0. The van der Waals surface area contributed by atoms with Gasteiger partial charge >= 0.3 is 5.63 Å². The Bertz CT molecular complexity index is 1380. The predicted molar refractivity (Wildman–Crippen MR) is 106 cm³/mol. The normalized spacial score (nSPS) is 19.9. The maximum atomic E-state index is 13.6. The SMILES string of the molecule is CN1C(=O)C2(C(C#N)=C(N)Oc3c2c(=O)oc2ccccc32)c2cc(Cl)ccc21. The number of rotatable bonds is 0. The molecular weight excluding hydrogens is 394 g/mol. The van der Waals surface area contributed by atoms with Gasteiger partial charge in [-0.1, -0.05) is 23.7 Å². The molecule has 7 nitrogen and oxygen atoms in total. The number of fused-ring (bicyclic) bond motifs is 6. The van der Waals surface area contributed by atoms with Gasteiger partial charge in [0.05, 0.1) is 5.39 Å². The van der Waals surface area contributed by atoms with E-state index in [9.17, 15) is 14.9 Å². The maximum absolute atomic E-state index is 13.6. The van der Waals surface area contributed by atoms with Gasteiger partial charge < -0.3 is 19.8 Å². The van der Waals surface area contributed by atoms with Crippen LogP contribution in [0.2, 0.25) is 5.02 Å². The van der Waals surface area contributed by atoms with Crippen molar-refractivity contribution in [2.24, 2.45) is 5.73 Å². The van der Waals surface area contributed by atoms with E-state index in [1.165, 1.54) is 4.90 Å². The summed E-state index contributed by atoms with van der Waals surface area (Å²) in [5.41, 5.74) is 4.43. The molecule has 0 bridgehead atoms. The van der Waals surface area contributed by atoms with Gasteiger partial charge in [0.2, 0.25) is 11.8 Å². The lowest BCUT2D eigenvalue weighted by Gasteiger charge is -2.33. The summed E-state index contributed by atoms with van der Waals surface area (Å²) in [6, 6.07) is 13.6. The van der Waals surface area contributed by atoms with Crippen LogP contribution >= 0.6 is 11.6 Å². The van der Waals surface area contributed by atoms with E-state index in [0.29, 0.717) is 21.7 Å². The summed E-state index contributed by atoms with van der Waals surface area (Å²) in [4.78, 5) is 28.1. The molecule has 2 aliphatic heterocycles. The zero-order chi connectivity index (χ0) is 20.5. The minimum atomic E-state index is -1.80. The van der Waals surface area contributed by atoms with Crippen LogP contribution in [0.5, 0.6) is 5.75 Å². The molecule has 8 heteroatoms. The highest BCUT2D eigenvalue weighted by Gasteiger charge is 2.60. The van der Waals surface area contributed by atoms with Crippen molar-refractivity contribution in [3.63, 3.8) is 0 Å². The molecule has 29 heavy (non-hydrogen) atoms. The van der Waals surface area contributed by atoms with Crippen molar-refractivity contribution in [1.82, 2.24) is 0 Å². The maximum Gasteiger partial charge on any atom is 0.345 e. The number of ether oxygens (including phenoxy) is 1. The van der Waals surface area contributed by atoms with Crippen LogP contribution in [0, 0.1) is 11.3 Å². The minimum Gasteiger partial charge on any atom is -0.439 e. The molecule has 2 N–H and O–H groups in total. The molecule has 0 saturated carbocycles. The summed E-state index contributed by atoms with van der Waals surface area (Å²) in [5, 5.41) is 10.7. The van der Waals surface area contributed by atoms with Crippen LogP contribution in [0.15, 0.2) is 63.1 Å². The number of halogens is 1. The largest absolute Gasteiger partial charge is 0.439 e. The molecule has 1 spiro atoms. The van der Waals surface area contributed by atoms with E-state index in [2.05, 4.69) is 0 Å². The number of carbonyl (C=O) groups excluding carboxylic acids is 1. The van der Waals surface area contributed by atoms with Gasteiger partial charge in [0.15, 0.2) is 11.2 Å². The van der Waals surface area contributed by atoms with E-state index in [1.54, 1.807) is 49.5 Å². The Kier molecular flexibility index (Phi) is 3.37. The van der Waals surface area contributed by atoms with E-state index in [-0.39, 0.29) is 28.4 Å². The van der Waals surface area contributed by atoms with E-state index < -0.39 is 16.9 Å². The molecule has 3 heterocycles. The standard InChI is InChI=1S/C21H12ClN3O4/c1-25-14-7-6-10(22)8-12(14)21(20(25)27)13(9-23)18(24)29-17-11-4-2-3-5-15(11)28-19(26)16(17)21/h2-8H,24H2,1H3. The van der Waals surface area contributed by atoms with Gasteiger partial charge in [-0.15, -0.1) is 0 Å². The number of nitrogens with two attached hydrogens (primary N) is 1. The summed E-state index contributed by atoms with van der Waals surface area (Å²) < 4.78 is 11.2. The van der Waals surface area contributed by atoms with Crippen LogP contribution in [0.3, 0.4) is 0 Å². The first-order chi connectivity index (χ1) is 13.9. The van der Waals surface area contributed by atoms with E-state index >= 15 is 0 Å². The lowest BCUT2D eigenvalue weighted by molar-refractivity contribution is -0.120. The number of nitrogens with zero attached hydrogens (tertiary/aromatic N) is 2. The van der Waals surface area contributed by atoms with E-state index in [4.69, 9.17) is 26.5 Å². The van der Waals surface area contributed by atoms with Gasteiger partial charge in [-0.3, -0.25) is 4.79 Å². The fourth-order valence-corrected chi connectivity index (χ4v) is 4.39. The predicted octanol–water partition coefficient (Wildman–Crippen LogP) is 2.80. The molecule has 0 saturated heterocycles. The van der Waals surface area contributed by atoms with E-state index in [1.807, 2.05) is 6.07 Å². The smallest absolute Gasteiger partial charge is 0.345 e. The zero-order valence-corrected chi connectivity index (χ0v) is 15.8. The van der Waals surface area contributed by atoms with E-state index in [0.717, 1.165) is 0 Å². The van der Waals surface area contributed by atoms with Gasteiger partial charge in [0.25, 0.3) is 0 Å². The Labute approximate surface area is 169 Å². The summed E-state index contributed by atoms with van der Waals surface area (Å²) in [7, 11) is 1.56. The first-order valence-corrected chi connectivity index (χ1v) is 9.01. The summed E-state index contributed by atoms with van der Waals surface area (Å²) >= 11 is 6.22. The molecule has 5 rings (SSSR count). The van der Waals surface area contributed by atoms with Gasteiger partial charge in [0.1, 0.15) is 22.8 Å². The lowest BCUT2D eigenvalue weighted by Crippen LogP contribution is -2.47. The number of para-hydroxylation sites is 1. The molecule has 0 aliphatic carbocycles. The number of nitriles is 1. The molecule has 1 aromatic heterocycles. The van der Waals surface area contributed by atoms with Crippen molar-refractivity contribution < 1.29 is 13.9 Å². The number of likely N-dealkylation sites (N-methyl/N-ethyl adjacent to an activating group) is 1. The molecule has 142 valence electrons. The Hall–Kier alpha value is -3.76. The van der Waals surface area contributed by atoms with Crippen LogP contribution in [-0.2, 0) is 10.2 Å². The third-order valence-electron chi connectivity index (χ3n) is 5.44. The number of anilines is 1. The van der Waals surface area contributed by atoms with Crippen LogP contribution in [0.1, 0.15) is 11.1 Å². The first kappa shape index (κ1) is 17.3. The second kappa shape index (κ2) is 5.63. The highest BCUT2D eigenvalue weighted by molar-refractivity contribution is 6.31. The molecule has 1 unspecified atom stereocenters. The molecule has 1 atom stereocenters. The molecule has 3 aromatic rings. The number of hydrogen-bond donors (Lipinski definition) is 1. The summed E-state index contributed by atoms with van der Waals surface area (Å²) in [5.74, 6) is -0.658. The quantitative estimate of drug-likeness (QED) is 0.576. The monoisotopic (exact) mass is 405 g/mol. The van der Waals surface area contributed by atoms with Gasteiger partial charge in [-0.05, 0) is 30.3 Å². The molecule has 0 fully saturated rings. The van der Waals surface area contributed by atoms with Gasteiger partial charge in [-0.25, -0.2) is 4.79 Å². The van der Waals surface area contributed by atoms with Crippen molar-refractivity contribution in [2.75, 3.05) is 11.9 Å². The molecule has 0 radical (unpaired) electrons. The highest BCUT2D eigenvalue weighted by atomic mass is 35.5. The van der Waals surface area contributed by atoms with Gasteiger partial charge in [0, 0.05) is 23.3 Å². The first-order valence-electron chi connectivity index (χ1n) is 8.64. The van der Waals surface area contributed by atoms with Crippen LogP contribution in [0.25, 0.3) is 11.0 Å². The molecule has 2 aliphatic rings. The third kappa shape index (κ3) is 1.96. The number of benzene rings is 2. The second-order valence-electron chi connectivity index (χ2n) is 6.82. The Morgan fingerprint density at radius 1 is 1.21 bits per heavy atom. The molecule has 1 amide bonds. The molecular formula is C21H12ClN3O4. The van der Waals surface area contributed by atoms with Crippen molar-refractivity contribution >= 4 is 34.2 Å². The topological polar surface area (TPSA) is 110 Å². The Balaban J connectivity index is 2.04. The van der Waals surface area contributed by atoms with Crippen molar-refractivity contribution in [3.8, 4) is 11.8 Å². The molecule has 2 aromatic carbocycles. The second-order valence-corrected chi connectivity index (χ2v) is 7.25. The highest BCUT2D eigenvalue weighted by Crippen LogP contribution is 2.55. The van der Waals surface area contributed by atoms with Crippen molar-refractivity contribution in [1.29, 1.82) is 5.26 Å². The minimum absolute atomic E-state index is 0.0835. The lowest BCUT2D eigenvalue weighted by atomic mass is 9.69. The van der Waals surface area contributed by atoms with Crippen LogP contribution < -0.4 is 21.0 Å². The zero-order valence-electron chi connectivity index (χ0n) is 15.0. The fourth-order valence-electron chi connectivity index (χ4n) is 4.22. The average Bonchev–Trinajstić information content (AvgIpc) is 2.90. The van der Waals surface area contributed by atoms with Gasteiger partial charge in [-0.2, -0.15) is 5.26 Å². The Morgan fingerprint density at radius 3 is 2.72 bits per heavy atom. The van der Waals surface area contributed by atoms with Crippen molar-refractivity contribution in [3.05, 3.63) is 80.5 Å². The number of carbonyl (C=O) groups is 1. The Morgan fingerprint density at radius 2 is 1.97 bits per heavy atom. The summed E-state index contributed by atoms with van der Waals surface area (Å²) in [6.45, 7) is 0. The number of hydrogen-bond acceptors (Lipinski definition) is 6. The van der Waals surface area contributed by atoms with Crippen LogP contribution in [-0.4, -0.2) is 13.0 Å². The number of amides is 1. The third-order valence-corrected chi connectivity index (χ3v) is 5.67. The van der Waals surface area contributed by atoms with Crippen molar-refractivity contribution in [2.45, 2.75) is 5.41 Å². The average molecular weight is 406 g/mol.